The number of fused-ring (bicyclic) bond motifs is 2. The van der Waals surface area contributed by atoms with Crippen LogP contribution in [0.25, 0.3) is 11.0 Å². The van der Waals surface area contributed by atoms with Gasteiger partial charge >= 0.3 is 5.63 Å². The quantitative estimate of drug-likeness (QED) is 0.312. The largest absolute Gasteiger partial charge is 0.493 e. The third-order valence-corrected chi connectivity index (χ3v) is 5.29. The number of benzene rings is 1. The summed E-state index contributed by atoms with van der Waals surface area (Å²) in [6.45, 7) is 0. The molecular weight excluding hydrogens is 396 g/mol. The molecule has 2 heterocycles. The summed E-state index contributed by atoms with van der Waals surface area (Å²) in [7, 11) is 2.91. The van der Waals surface area contributed by atoms with Crippen molar-refractivity contribution in [2.24, 2.45) is 11.1 Å². The third kappa shape index (κ3) is 3.49. The topological polar surface area (TPSA) is 143 Å². The normalized spacial score (nSPS) is 26.4. The van der Waals surface area contributed by atoms with Crippen LogP contribution in [-0.2, 0) is 4.84 Å². The number of methoxy groups -OCH3 is 2. The van der Waals surface area contributed by atoms with E-state index in [9.17, 15) is 20.1 Å². The zero-order valence-corrected chi connectivity index (χ0v) is 16.3. The molecule has 0 bridgehead atoms. The van der Waals surface area contributed by atoms with Gasteiger partial charge in [-0.15, -0.1) is 0 Å². The number of nitrogens with one attached hydrogen (secondary N) is 1. The minimum atomic E-state index is -1.36. The number of hydrogen-bond acceptors (Lipinski definition) is 10. The molecule has 0 saturated carbocycles. The Morgan fingerprint density at radius 2 is 1.97 bits per heavy atom. The smallest absolute Gasteiger partial charge is 0.360 e. The lowest BCUT2D eigenvalue weighted by Crippen LogP contribution is -2.48. The molecule has 10 heteroatoms. The van der Waals surface area contributed by atoms with Gasteiger partial charge in [0.05, 0.1) is 20.3 Å². The van der Waals surface area contributed by atoms with E-state index >= 15 is 0 Å². The molecule has 0 fully saturated rings. The summed E-state index contributed by atoms with van der Waals surface area (Å²) in [4.78, 5) is 17.7. The van der Waals surface area contributed by atoms with Crippen molar-refractivity contribution in [3.05, 3.63) is 40.8 Å². The van der Waals surface area contributed by atoms with Crippen LogP contribution < -0.4 is 20.4 Å². The Kier molecular flexibility index (Phi) is 5.37. The second-order valence-electron chi connectivity index (χ2n) is 7.10. The Morgan fingerprint density at radius 1 is 1.20 bits per heavy atom. The van der Waals surface area contributed by atoms with Gasteiger partial charge in [0.1, 0.15) is 17.5 Å². The number of nitrogens with zero attached hydrogens (tertiary/aromatic N) is 1. The van der Waals surface area contributed by atoms with Crippen LogP contribution in [-0.4, -0.2) is 59.8 Å². The molecule has 2 aliphatic rings. The van der Waals surface area contributed by atoms with Crippen molar-refractivity contribution >= 4 is 22.4 Å². The predicted octanol–water partition coefficient (Wildman–Crippen LogP) is 0.593. The molecular formula is C20H22N2O8. The van der Waals surface area contributed by atoms with E-state index in [-0.39, 0.29) is 29.2 Å². The molecule has 0 spiro atoms. The maximum atomic E-state index is 12.5. The SMILES string of the molecule is COc1ccc2cc(NC(O)C3=NO[C@@H]4[C@H](C3)[C@H](O)C=C[C@H]4O)c(=O)oc2c1OC. The van der Waals surface area contributed by atoms with Gasteiger partial charge in [0.15, 0.2) is 23.7 Å². The van der Waals surface area contributed by atoms with Crippen molar-refractivity contribution in [2.75, 3.05) is 19.5 Å². The van der Waals surface area contributed by atoms with Gasteiger partial charge in [0, 0.05) is 17.7 Å². The van der Waals surface area contributed by atoms with Crippen LogP contribution in [0.3, 0.4) is 0 Å². The number of hydrogen-bond donors (Lipinski definition) is 4. The lowest BCUT2D eigenvalue weighted by atomic mass is 9.82. The highest BCUT2D eigenvalue weighted by atomic mass is 16.6. The van der Waals surface area contributed by atoms with Crippen LogP contribution in [0.15, 0.2) is 44.7 Å². The first kappa shape index (κ1) is 20.2. The number of anilines is 1. The zero-order valence-electron chi connectivity index (χ0n) is 16.3. The fourth-order valence-electron chi connectivity index (χ4n) is 3.70. The molecule has 5 atom stereocenters. The fourth-order valence-corrected chi connectivity index (χ4v) is 3.70. The molecule has 160 valence electrons. The van der Waals surface area contributed by atoms with E-state index in [0.717, 1.165) is 0 Å². The Bertz CT molecular complexity index is 1060. The molecule has 0 saturated heterocycles. The van der Waals surface area contributed by atoms with E-state index in [1.54, 1.807) is 12.1 Å². The summed E-state index contributed by atoms with van der Waals surface area (Å²) < 4.78 is 15.9. The van der Waals surface area contributed by atoms with E-state index in [1.165, 1.54) is 32.4 Å². The molecule has 1 aromatic carbocycles. The van der Waals surface area contributed by atoms with Crippen molar-refractivity contribution in [1.29, 1.82) is 0 Å². The van der Waals surface area contributed by atoms with Gasteiger partial charge in [-0.05, 0) is 18.2 Å². The monoisotopic (exact) mass is 418 g/mol. The number of oxime groups is 1. The second kappa shape index (κ2) is 7.98. The van der Waals surface area contributed by atoms with E-state index in [4.69, 9.17) is 18.7 Å². The lowest BCUT2D eigenvalue weighted by molar-refractivity contribution is -0.0902. The van der Waals surface area contributed by atoms with Crippen molar-refractivity contribution in [3.63, 3.8) is 0 Å². The fraction of sp³-hybridized carbons (Fsp3) is 0.400. The Hall–Kier alpha value is -3.08. The molecule has 4 rings (SSSR count). The molecule has 1 aromatic heterocycles. The number of ether oxygens (including phenoxy) is 2. The summed E-state index contributed by atoms with van der Waals surface area (Å²) in [5.74, 6) is 0.228. The number of rotatable bonds is 5. The average Bonchev–Trinajstić information content (AvgIpc) is 2.75. The molecule has 10 nitrogen and oxygen atoms in total. The van der Waals surface area contributed by atoms with Crippen molar-refractivity contribution < 1.29 is 34.0 Å². The first-order valence-corrected chi connectivity index (χ1v) is 9.33. The Labute approximate surface area is 171 Å². The molecule has 1 aliphatic carbocycles. The molecule has 1 aliphatic heterocycles. The average molecular weight is 418 g/mol. The van der Waals surface area contributed by atoms with Gasteiger partial charge in [-0.25, -0.2) is 4.79 Å². The van der Waals surface area contributed by atoms with Gasteiger partial charge in [-0.1, -0.05) is 17.3 Å². The van der Waals surface area contributed by atoms with Crippen LogP contribution >= 0.6 is 0 Å². The molecule has 4 N–H and O–H groups in total. The highest BCUT2D eigenvalue weighted by Crippen LogP contribution is 2.35. The van der Waals surface area contributed by atoms with E-state index < -0.39 is 36.1 Å². The zero-order chi connectivity index (χ0) is 21.4. The molecule has 1 unspecified atom stereocenters. The summed E-state index contributed by atoms with van der Waals surface area (Å²) in [5.41, 5.74) is -0.311. The van der Waals surface area contributed by atoms with Crippen LogP contribution in [0, 0.1) is 5.92 Å². The summed E-state index contributed by atoms with van der Waals surface area (Å²) in [6.07, 6.45) is -0.693. The van der Waals surface area contributed by atoms with Crippen molar-refractivity contribution in [3.8, 4) is 11.5 Å². The lowest BCUT2D eigenvalue weighted by Gasteiger charge is -2.37. The highest BCUT2D eigenvalue weighted by molar-refractivity contribution is 5.92. The third-order valence-electron chi connectivity index (χ3n) is 5.29. The number of aliphatic hydroxyl groups excluding tert-OH is 3. The minimum Gasteiger partial charge on any atom is -0.493 e. The Morgan fingerprint density at radius 3 is 2.70 bits per heavy atom. The molecule has 0 radical (unpaired) electrons. The first-order chi connectivity index (χ1) is 14.4. The predicted molar refractivity (Wildman–Crippen MR) is 107 cm³/mol. The summed E-state index contributed by atoms with van der Waals surface area (Å²) in [6, 6.07) is 4.88. The maximum absolute atomic E-state index is 12.5. The van der Waals surface area contributed by atoms with Crippen molar-refractivity contribution in [2.45, 2.75) is 31.0 Å². The van der Waals surface area contributed by atoms with Gasteiger partial charge in [-0.2, -0.15) is 0 Å². The molecule has 0 amide bonds. The van der Waals surface area contributed by atoms with Crippen LogP contribution in [0.1, 0.15) is 6.42 Å². The number of aliphatic hydroxyl groups is 3. The summed E-state index contributed by atoms with van der Waals surface area (Å²) >= 11 is 0. The van der Waals surface area contributed by atoms with Gasteiger partial charge in [-0.3, -0.25) is 0 Å². The first-order valence-electron chi connectivity index (χ1n) is 9.33. The van der Waals surface area contributed by atoms with E-state index in [1.807, 2.05) is 0 Å². The van der Waals surface area contributed by atoms with E-state index in [2.05, 4.69) is 10.5 Å². The highest BCUT2D eigenvalue weighted by Gasteiger charge is 2.41. The molecule has 30 heavy (non-hydrogen) atoms. The minimum absolute atomic E-state index is 0.0103. The van der Waals surface area contributed by atoms with E-state index in [0.29, 0.717) is 11.1 Å². The Balaban J connectivity index is 1.58. The van der Waals surface area contributed by atoms with Crippen molar-refractivity contribution in [1.82, 2.24) is 0 Å². The van der Waals surface area contributed by atoms with Crippen LogP contribution in [0.5, 0.6) is 11.5 Å². The standard InChI is InChI=1S/C20H22N2O8/c1-27-15-6-3-9-7-12(20(26)29-16(9)18(15)28-2)21-19(25)11-8-10-13(23)4-5-14(24)17(10)30-22-11/h3-7,10,13-14,17,19,21,23-25H,8H2,1-2H3/t10-,13-,14-,17-,19?/m1/s1. The van der Waals surface area contributed by atoms with Gasteiger partial charge in [0.2, 0.25) is 5.75 Å². The summed E-state index contributed by atoms with van der Waals surface area (Å²) in [5, 5.41) is 37.7. The van der Waals surface area contributed by atoms with Gasteiger partial charge < -0.3 is 39.4 Å². The second-order valence-corrected chi connectivity index (χ2v) is 7.10. The van der Waals surface area contributed by atoms with Gasteiger partial charge in [0.25, 0.3) is 0 Å². The molecule has 2 aromatic rings. The van der Waals surface area contributed by atoms with Crippen LogP contribution in [0.4, 0.5) is 5.69 Å². The maximum Gasteiger partial charge on any atom is 0.360 e. The van der Waals surface area contributed by atoms with Crippen LogP contribution in [0.2, 0.25) is 0 Å².